The van der Waals surface area contributed by atoms with Crippen LogP contribution >= 0.6 is 11.6 Å². The zero-order valence-electron chi connectivity index (χ0n) is 10.9. The smallest absolute Gasteiger partial charge is 0.179 e. The average molecular weight is 284 g/mol. The van der Waals surface area contributed by atoms with Crippen molar-refractivity contribution in [2.75, 3.05) is 40.0 Å². The summed E-state index contributed by atoms with van der Waals surface area (Å²) in [6, 6.07) is 3.81. The summed E-state index contributed by atoms with van der Waals surface area (Å²) in [5, 5.41) is 3.82. The van der Waals surface area contributed by atoms with E-state index in [1.807, 2.05) is 24.3 Å². The Morgan fingerprint density at radius 3 is 3.05 bits per heavy atom. The predicted molar refractivity (Wildman–Crippen MR) is 76.2 cm³/mol. The minimum Gasteiger partial charge on any atom is -0.486 e. The van der Waals surface area contributed by atoms with E-state index in [1.54, 1.807) is 7.11 Å². The van der Waals surface area contributed by atoms with Gasteiger partial charge in [0.15, 0.2) is 11.5 Å². The molecule has 0 bridgehead atoms. The third kappa shape index (κ3) is 4.13. The fraction of sp³-hybridized carbons (Fsp3) is 0.429. The Hall–Kier alpha value is -1.23. The lowest BCUT2D eigenvalue weighted by Crippen LogP contribution is -2.18. The van der Waals surface area contributed by atoms with E-state index < -0.39 is 0 Å². The minimum atomic E-state index is 0.547. The molecule has 19 heavy (non-hydrogen) atoms. The van der Waals surface area contributed by atoms with Crippen LogP contribution in [0, 0.1) is 0 Å². The summed E-state index contributed by atoms with van der Waals surface area (Å²) in [6.45, 7) is 3.45. The van der Waals surface area contributed by atoms with Gasteiger partial charge in [-0.15, -0.1) is 0 Å². The van der Waals surface area contributed by atoms with Gasteiger partial charge in [0, 0.05) is 20.2 Å². The lowest BCUT2D eigenvalue weighted by Gasteiger charge is -2.19. The highest BCUT2D eigenvalue weighted by Crippen LogP contribution is 2.38. The van der Waals surface area contributed by atoms with Crippen molar-refractivity contribution in [1.29, 1.82) is 0 Å². The molecule has 0 saturated carbocycles. The van der Waals surface area contributed by atoms with E-state index in [2.05, 4.69) is 5.32 Å². The van der Waals surface area contributed by atoms with E-state index in [0.29, 0.717) is 36.3 Å². The molecule has 1 heterocycles. The Labute approximate surface area is 118 Å². The molecule has 1 aromatic carbocycles. The maximum atomic E-state index is 6.16. The zero-order valence-corrected chi connectivity index (χ0v) is 11.7. The Bertz CT molecular complexity index is 449. The fourth-order valence-electron chi connectivity index (χ4n) is 1.78. The number of rotatable bonds is 6. The summed E-state index contributed by atoms with van der Waals surface area (Å²) < 4.78 is 16.0. The van der Waals surface area contributed by atoms with Gasteiger partial charge in [-0.25, -0.2) is 0 Å². The largest absolute Gasteiger partial charge is 0.486 e. The molecule has 1 aliphatic rings. The van der Waals surface area contributed by atoms with Gasteiger partial charge in [-0.3, -0.25) is 0 Å². The summed E-state index contributed by atoms with van der Waals surface area (Å²) >= 11 is 6.16. The number of hydrogen-bond donors (Lipinski definition) is 1. The normalized spacial score (nSPS) is 14.0. The second kappa shape index (κ2) is 7.38. The van der Waals surface area contributed by atoms with Gasteiger partial charge in [0.1, 0.15) is 13.2 Å². The first-order valence-corrected chi connectivity index (χ1v) is 6.64. The SMILES string of the molecule is COCCNCC=Cc1cc(Cl)c2c(c1)OCCO2. The van der Waals surface area contributed by atoms with Crippen LogP contribution in [0.15, 0.2) is 18.2 Å². The van der Waals surface area contributed by atoms with E-state index in [9.17, 15) is 0 Å². The van der Waals surface area contributed by atoms with Gasteiger partial charge in [0.25, 0.3) is 0 Å². The van der Waals surface area contributed by atoms with E-state index >= 15 is 0 Å². The van der Waals surface area contributed by atoms with Crippen LogP contribution in [0.1, 0.15) is 5.56 Å². The van der Waals surface area contributed by atoms with E-state index in [1.165, 1.54) is 0 Å². The van der Waals surface area contributed by atoms with Crippen molar-refractivity contribution in [2.45, 2.75) is 0 Å². The number of fused-ring (bicyclic) bond motifs is 1. The Balaban J connectivity index is 1.93. The zero-order chi connectivity index (χ0) is 13.5. The fourth-order valence-corrected chi connectivity index (χ4v) is 2.06. The maximum Gasteiger partial charge on any atom is 0.179 e. The van der Waals surface area contributed by atoms with Gasteiger partial charge in [-0.2, -0.15) is 0 Å². The average Bonchev–Trinajstić information content (AvgIpc) is 2.43. The van der Waals surface area contributed by atoms with Crippen molar-refractivity contribution in [2.24, 2.45) is 0 Å². The van der Waals surface area contributed by atoms with Gasteiger partial charge in [0.05, 0.1) is 11.6 Å². The molecule has 5 heteroatoms. The van der Waals surface area contributed by atoms with Crippen LogP contribution in [0.5, 0.6) is 11.5 Å². The quantitative estimate of drug-likeness (QED) is 0.814. The van der Waals surface area contributed by atoms with Crippen LogP contribution in [0.4, 0.5) is 0 Å². The molecule has 0 aliphatic carbocycles. The molecule has 1 N–H and O–H groups in total. The second-order valence-electron chi connectivity index (χ2n) is 4.13. The van der Waals surface area contributed by atoms with Crippen LogP contribution in [0.2, 0.25) is 5.02 Å². The van der Waals surface area contributed by atoms with Crippen molar-refractivity contribution in [3.8, 4) is 11.5 Å². The Morgan fingerprint density at radius 2 is 2.21 bits per heavy atom. The molecular formula is C14H18ClNO3. The Morgan fingerprint density at radius 1 is 1.37 bits per heavy atom. The van der Waals surface area contributed by atoms with Gasteiger partial charge >= 0.3 is 0 Å². The van der Waals surface area contributed by atoms with Crippen LogP contribution < -0.4 is 14.8 Å². The molecule has 0 atom stereocenters. The second-order valence-corrected chi connectivity index (χ2v) is 4.53. The van der Waals surface area contributed by atoms with Crippen LogP contribution in [0.25, 0.3) is 6.08 Å². The first kappa shape index (κ1) is 14.2. The molecule has 4 nitrogen and oxygen atoms in total. The number of benzene rings is 1. The standard InChI is InChI=1S/C14H18ClNO3/c1-17-6-5-16-4-2-3-11-9-12(15)14-13(10-11)18-7-8-19-14/h2-3,9-10,16H,4-8H2,1H3. The van der Waals surface area contributed by atoms with Gasteiger partial charge in [-0.1, -0.05) is 23.8 Å². The molecular weight excluding hydrogens is 266 g/mol. The third-order valence-electron chi connectivity index (χ3n) is 2.67. The molecule has 0 spiro atoms. The molecule has 1 aliphatic heterocycles. The summed E-state index contributed by atoms with van der Waals surface area (Å²) in [4.78, 5) is 0. The summed E-state index contributed by atoms with van der Waals surface area (Å²) in [5.41, 5.74) is 1.00. The maximum absolute atomic E-state index is 6.16. The summed E-state index contributed by atoms with van der Waals surface area (Å²) in [5.74, 6) is 1.36. The number of hydrogen-bond acceptors (Lipinski definition) is 4. The lowest BCUT2D eigenvalue weighted by atomic mass is 10.2. The molecule has 0 unspecified atom stereocenters. The third-order valence-corrected chi connectivity index (χ3v) is 2.96. The topological polar surface area (TPSA) is 39.7 Å². The number of ether oxygens (including phenoxy) is 3. The highest BCUT2D eigenvalue weighted by molar-refractivity contribution is 6.32. The van der Waals surface area contributed by atoms with Crippen molar-refractivity contribution < 1.29 is 14.2 Å². The lowest BCUT2D eigenvalue weighted by molar-refractivity contribution is 0.171. The molecule has 0 aromatic heterocycles. The molecule has 0 saturated heterocycles. The number of halogens is 1. The van der Waals surface area contributed by atoms with E-state index in [0.717, 1.165) is 18.7 Å². The first-order valence-electron chi connectivity index (χ1n) is 6.26. The van der Waals surface area contributed by atoms with Crippen LogP contribution in [-0.2, 0) is 4.74 Å². The monoisotopic (exact) mass is 283 g/mol. The molecule has 104 valence electrons. The molecule has 1 aromatic rings. The first-order chi connectivity index (χ1) is 9.31. The van der Waals surface area contributed by atoms with E-state index in [-0.39, 0.29) is 0 Å². The molecule has 2 rings (SSSR count). The summed E-state index contributed by atoms with van der Waals surface area (Å²) in [6.07, 6.45) is 4.04. The van der Waals surface area contributed by atoms with Gasteiger partial charge in [0.2, 0.25) is 0 Å². The number of methoxy groups -OCH3 is 1. The summed E-state index contributed by atoms with van der Waals surface area (Å²) in [7, 11) is 1.69. The van der Waals surface area contributed by atoms with Crippen molar-refractivity contribution in [3.05, 3.63) is 28.8 Å². The highest BCUT2D eigenvalue weighted by Gasteiger charge is 2.15. The minimum absolute atomic E-state index is 0.547. The van der Waals surface area contributed by atoms with Gasteiger partial charge in [-0.05, 0) is 17.7 Å². The predicted octanol–water partition coefficient (Wildman–Crippen LogP) is 2.36. The molecule has 0 amide bonds. The van der Waals surface area contributed by atoms with Crippen molar-refractivity contribution >= 4 is 17.7 Å². The van der Waals surface area contributed by atoms with Crippen molar-refractivity contribution in [1.82, 2.24) is 5.32 Å². The van der Waals surface area contributed by atoms with E-state index in [4.69, 9.17) is 25.8 Å². The molecule has 0 radical (unpaired) electrons. The van der Waals surface area contributed by atoms with Gasteiger partial charge < -0.3 is 19.5 Å². The van der Waals surface area contributed by atoms with Crippen molar-refractivity contribution in [3.63, 3.8) is 0 Å². The Kier molecular flexibility index (Phi) is 5.51. The van der Waals surface area contributed by atoms with Crippen LogP contribution in [-0.4, -0.2) is 40.0 Å². The molecule has 0 fully saturated rings. The number of nitrogens with one attached hydrogen (secondary N) is 1. The highest BCUT2D eigenvalue weighted by atomic mass is 35.5. The van der Waals surface area contributed by atoms with Crippen LogP contribution in [0.3, 0.4) is 0 Å².